The van der Waals surface area contributed by atoms with E-state index < -0.39 is 30.4 Å². The maximum Gasteiger partial charge on any atom is 0.326 e. The molecule has 0 radical (unpaired) electrons. The first-order chi connectivity index (χ1) is 9.42. The van der Waals surface area contributed by atoms with Gasteiger partial charge in [0.05, 0.1) is 18.1 Å². The Bertz CT molecular complexity index is 579. The maximum atomic E-state index is 11.6. The molecule has 0 fully saturated rings. The van der Waals surface area contributed by atoms with Crippen molar-refractivity contribution in [3.8, 4) is 6.07 Å². The second-order valence-corrected chi connectivity index (χ2v) is 3.85. The number of aliphatic carboxylic acids is 1. The van der Waals surface area contributed by atoms with E-state index >= 15 is 0 Å². The number of carboxylic acids is 1. The zero-order valence-corrected chi connectivity index (χ0v) is 10.3. The Morgan fingerprint density at radius 3 is 2.65 bits per heavy atom. The van der Waals surface area contributed by atoms with E-state index in [1.54, 1.807) is 12.1 Å². The fourth-order valence-corrected chi connectivity index (χ4v) is 1.39. The monoisotopic (exact) mass is 276 g/mol. The van der Waals surface area contributed by atoms with Gasteiger partial charge in [0.15, 0.2) is 0 Å². The van der Waals surface area contributed by atoms with Crippen molar-refractivity contribution in [2.24, 2.45) is 5.73 Å². The Kier molecular flexibility index (Phi) is 5.05. The van der Waals surface area contributed by atoms with Crippen molar-refractivity contribution < 1.29 is 19.5 Å². The van der Waals surface area contributed by atoms with Crippen molar-refractivity contribution in [2.75, 3.05) is 5.32 Å². The number of nitriles is 1. The number of nitrogens with two attached hydrogens (primary N) is 1. The van der Waals surface area contributed by atoms with Gasteiger partial charge in [-0.15, -0.1) is 0 Å². The lowest BCUT2D eigenvalue weighted by molar-refractivity contribution is -0.140. The third-order valence-electron chi connectivity index (χ3n) is 2.26. The van der Waals surface area contributed by atoms with Crippen LogP contribution in [0.2, 0.25) is 0 Å². The maximum absolute atomic E-state index is 11.6. The third-order valence-corrected chi connectivity index (χ3v) is 2.26. The molecule has 0 saturated heterocycles. The number of anilines is 1. The van der Waals surface area contributed by atoms with Gasteiger partial charge >= 0.3 is 12.0 Å². The summed E-state index contributed by atoms with van der Waals surface area (Å²) in [6.07, 6.45) is -0.513. The summed E-state index contributed by atoms with van der Waals surface area (Å²) in [7, 11) is 0. The van der Waals surface area contributed by atoms with Crippen LogP contribution in [-0.4, -0.2) is 29.1 Å². The second kappa shape index (κ2) is 6.75. The predicted octanol–water partition coefficient (Wildman–Crippen LogP) is 0.00838. The van der Waals surface area contributed by atoms with E-state index in [0.29, 0.717) is 11.3 Å². The first-order valence-corrected chi connectivity index (χ1v) is 5.51. The average Bonchev–Trinajstić information content (AvgIpc) is 2.37. The zero-order valence-electron chi connectivity index (χ0n) is 10.3. The van der Waals surface area contributed by atoms with Gasteiger partial charge in [-0.05, 0) is 18.2 Å². The number of benzene rings is 1. The lowest BCUT2D eigenvalue weighted by Crippen LogP contribution is -2.45. The van der Waals surface area contributed by atoms with Crippen LogP contribution in [0.15, 0.2) is 24.3 Å². The summed E-state index contributed by atoms with van der Waals surface area (Å²) in [5.41, 5.74) is 5.55. The summed E-state index contributed by atoms with van der Waals surface area (Å²) >= 11 is 0. The van der Waals surface area contributed by atoms with E-state index in [4.69, 9.17) is 16.1 Å². The molecule has 0 spiro atoms. The Labute approximate surface area is 114 Å². The molecule has 1 unspecified atom stereocenters. The number of nitrogens with zero attached hydrogens (tertiary/aromatic N) is 1. The Balaban J connectivity index is 2.68. The van der Waals surface area contributed by atoms with E-state index in [9.17, 15) is 14.4 Å². The Hall–Kier alpha value is -3.08. The quantitative estimate of drug-likeness (QED) is 0.598. The summed E-state index contributed by atoms with van der Waals surface area (Å²) in [5, 5.41) is 22.0. The second-order valence-electron chi connectivity index (χ2n) is 3.85. The average molecular weight is 276 g/mol. The molecule has 0 aromatic heterocycles. The number of hydrogen-bond donors (Lipinski definition) is 4. The van der Waals surface area contributed by atoms with E-state index in [1.807, 2.05) is 6.07 Å². The van der Waals surface area contributed by atoms with Crippen LogP contribution in [0.5, 0.6) is 0 Å². The number of rotatable bonds is 5. The van der Waals surface area contributed by atoms with Crippen molar-refractivity contribution in [3.05, 3.63) is 29.8 Å². The van der Waals surface area contributed by atoms with Gasteiger partial charge in [-0.2, -0.15) is 5.26 Å². The summed E-state index contributed by atoms with van der Waals surface area (Å²) in [6, 6.07) is 5.74. The molecule has 1 rings (SSSR count). The minimum absolute atomic E-state index is 0.324. The molecule has 1 aromatic rings. The summed E-state index contributed by atoms with van der Waals surface area (Å²) in [5.74, 6) is -2.21. The van der Waals surface area contributed by atoms with E-state index in [0.717, 1.165) is 0 Å². The molecule has 0 aliphatic heterocycles. The van der Waals surface area contributed by atoms with Crippen molar-refractivity contribution in [3.63, 3.8) is 0 Å². The largest absolute Gasteiger partial charge is 0.480 e. The van der Waals surface area contributed by atoms with Crippen molar-refractivity contribution in [1.82, 2.24) is 5.32 Å². The molecule has 20 heavy (non-hydrogen) atoms. The molecule has 8 nitrogen and oxygen atoms in total. The summed E-state index contributed by atoms with van der Waals surface area (Å²) in [6.45, 7) is 0. The van der Waals surface area contributed by atoms with Gasteiger partial charge in [0.2, 0.25) is 5.91 Å². The lowest BCUT2D eigenvalue weighted by atomic mass is 10.2. The molecule has 0 heterocycles. The van der Waals surface area contributed by atoms with Gasteiger partial charge in [0.25, 0.3) is 0 Å². The molecule has 1 aromatic carbocycles. The number of nitrogens with one attached hydrogen (secondary N) is 2. The number of carbonyl (C=O) groups is 3. The lowest BCUT2D eigenvalue weighted by Gasteiger charge is -2.13. The highest BCUT2D eigenvalue weighted by atomic mass is 16.4. The first-order valence-electron chi connectivity index (χ1n) is 5.51. The van der Waals surface area contributed by atoms with Gasteiger partial charge < -0.3 is 21.5 Å². The highest BCUT2D eigenvalue weighted by Crippen LogP contribution is 2.09. The molecule has 0 aliphatic rings. The molecule has 1 atom stereocenters. The third kappa shape index (κ3) is 4.66. The minimum Gasteiger partial charge on any atom is -0.480 e. The van der Waals surface area contributed by atoms with E-state index in [2.05, 4.69) is 10.6 Å². The zero-order chi connectivity index (χ0) is 15.1. The predicted molar refractivity (Wildman–Crippen MR) is 68.5 cm³/mol. The van der Waals surface area contributed by atoms with Crippen molar-refractivity contribution in [1.29, 1.82) is 5.26 Å². The summed E-state index contributed by atoms with van der Waals surface area (Å²) in [4.78, 5) is 33.1. The fourth-order valence-electron chi connectivity index (χ4n) is 1.39. The van der Waals surface area contributed by atoms with Crippen LogP contribution in [0.25, 0.3) is 0 Å². The number of amides is 3. The van der Waals surface area contributed by atoms with Gasteiger partial charge in [-0.3, -0.25) is 4.79 Å². The highest BCUT2D eigenvalue weighted by Gasteiger charge is 2.22. The molecule has 0 bridgehead atoms. The Morgan fingerprint density at radius 2 is 2.10 bits per heavy atom. The Morgan fingerprint density at radius 1 is 1.40 bits per heavy atom. The SMILES string of the molecule is N#Cc1cccc(NC(=O)NC(CC(N)=O)C(=O)O)c1. The van der Waals surface area contributed by atoms with Crippen LogP contribution < -0.4 is 16.4 Å². The number of hydrogen-bond acceptors (Lipinski definition) is 4. The fraction of sp³-hybridized carbons (Fsp3) is 0.167. The molecule has 8 heteroatoms. The van der Waals surface area contributed by atoms with Crippen LogP contribution >= 0.6 is 0 Å². The van der Waals surface area contributed by atoms with E-state index in [-0.39, 0.29) is 0 Å². The molecule has 0 aliphatic carbocycles. The van der Waals surface area contributed by atoms with Crippen molar-refractivity contribution >= 4 is 23.6 Å². The molecular formula is C12H12N4O4. The number of carboxylic acid groups (broad SMARTS) is 1. The molecule has 3 amide bonds. The number of primary amides is 1. The minimum atomic E-state index is -1.41. The van der Waals surface area contributed by atoms with Crippen LogP contribution in [0, 0.1) is 11.3 Å². The van der Waals surface area contributed by atoms with Crippen LogP contribution in [0.4, 0.5) is 10.5 Å². The molecule has 104 valence electrons. The smallest absolute Gasteiger partial charge is 0.326 e. The van der Waals surface area contributed by atoms with Crippen LogP contribution in [-0.2, 0) is 9.59 Å². The van der Waals surface area contributed by atoms with Crippen LogP contribution in [0.3, 0.4) is 0 Å². The summed E-state index contributed by atoms with van der Waals surface area (Å²) < 4.78 is 0. The van der Waals surface area contributed by atoms with Gasteiger partial charge in [-0.25, -0.2) is 9.59 Å². The van der Waals surface area contributed by atoms with Gasteiger partial charge in [0, 0.05) is 5.69 Å². The van der Waals surface area contributed by atoms with Gasteiger partial charge in [0.1, 0.15) is 6.04 Å². The number of carbonyl (C=O) groups excluding carboxylic acids is 2. The normalized spacial score (nSPS) is 10.9. The standard InChI is InChI=1S/C12H12N4O4/c13-6-7-2-1-3-8(4-7)15-12(20)16-9(11(18)19)5-10(14)17/h1-4,9H,5H2,(H2,14,17)(H,18,19)(H2,15,16,20). The highest BCUT2D eigenvalue weighted by molar-refractivity contribution is 5.93. The van der Waals surface area contributed by atoms with Crippen molar-refractivity contribution in [2.45, 2.75) is 12.5 Å². The first kappa shape index (κ1) is 15.0. The topological polar surface area (TPSA) is 145 Å². The number of urea groups is 1. The van der Waals surface area contributed by atoms with Crippen LogP contribution in [0.1, 0.15) is 12.0 Å². The molecule has 5 N–H and O–H groups in total. The molecular weight excluding hydrogens is 264 g/mol. The van der Waals surface area contributed by atoms with Gasteiger partial charge in [-0.1, -0.05) is 6.07 Å². The molecule has 0 saturated carbocycles. The van der Waals surface area contributed by atoms with E-state index in [1.165, 1.54) is 12.1 Å².